The fraction of sp³-hybridized carbons (Fsp3) is 0.750. The summed E-state index contributed by atoms with van der Waals surface area (Å²) in [5.41, 5.74) is 5.71. The quantitative estimate of drug-likeness (QED) is 0.670. The van der Waals surface area contributed by atoms with Crippen molar-refractivity contribution in [2.45, 2.75) is 33.7 Å². The van der Waals surface area contributed by atoms with Crippen LogP contribution in [0.2, 0.25) is 0 Å². The normalized spacial score (nSPS) is 13.9. The second-order valence-electron chi connectivity index (χ2n) is 4.58. The average Bonchev–Trinajstić information content (AvgIpc) is 2.38. The van der Waals surface area contributed by atoms with Gasteiger partial charge in [0.05, 0.1) is 0 Å². The van der Waals surface area contributed by atoms with Gasteiger partial charge < -0.3 is 21.1 Å². The molecule has 0 aliphatic carbocycles. The lowest BCUT2D eigenvalue weighted by Gasteiger charge is -2.22. The van der Waals surface area contributed by atoms with Gasteiger partial charge in [-0.25, -0.2) is 0 Å². The van der Waals surface area contributed by atoms with Crippen LogP contribution in [0.25, 0.3) is 0 Å². The van der Waals surface area contributed by atoms with Crippen LogP contribution in [0, 0.1) is 5.92 Å². The summed E-state index contributed by atoms with van der Waals surface area (Å²) in [7, 11) is 0. The fourth-order valence-corrected chi connectivity index (χ4v) is 1.60. The van der Waals surface area contributed by atoms with E-state index in [9.17, 15) is 0 Å². The minimum absolute atomic E-state index is 0.0522. The van der Waals surface area contributed by atoms with Crippen LogP contribution in [0.4, 0.5) is 17.8 Å². The van der Waals surface area contributed by atoms with E-state index in [2.05, 4.69) is 20.3 Å². The monoisotopic (exact) mass is 268 g/mol. The van der Waals surface area contributed by atoms with Crippen molar-refractivity contribution >= 4 is 17.8 Å². The SMILES string of the molecule is CCN(CC)c1nc(N)nc(NC(C)C(C)CO)n1. The Morgan fingerprint density at radius 3 is 2.37 bits per heavy atom. The van der Waals surface area contributed by atoms with E-state index in [1.54, 1.807) is 0 Å². The van der Waals surface area contributed by atoms with Crippen LogP contribution in [-0.2, 0) is 0 Å². The van der Waals surface area contributed by atoms with Gasteiger partial charge in [-0.1, -0.05) is 6.92 Å². The minimum Gasteiger partial charge on any atom is -0.396 e. The molecule has 108 valence electrons. The van der Waals surface area contributed by atoms with Gasteiger partial charge in [-0.15, -0.1) is 0 Å². The zero-order valence-electron chi connectivity index (χ0n) is 12.1. The van der Waals surface area contributed by atoms with Crippen LogP contribution in [0.3, 0.4) is 0 Å². The zero-order chi connectivity index (χ0) is 14.4. The predicted octanol–water partition coefficient (Wildman–Crippen LogP) is 0.729. The number of aliphatic hydroxyl groups is 1. The molecule has 0 bridgehead atoms. The van der Waals surface area contributed by atoms with Gasteiger partial charge in [0.15, 0.2) is 0 Å². The summed E-state index contributed by atoms with van der Waals surface area (Å²) in [6.45, 7) is 9.72. The average molecular weight is 268 g/mol. The van der Waals surface area contributed by atoms with Crippen LogP contribution in [-0.4, -0.2) is 45.8 Å². The van der Waals surface area contributed by atoms with E-state index in [1.807, 2.05) is 32.6 Å². The molecule has 0 fully saturated rings. The minimum atomic E-state index is 0.0522. The lowest BCUT2D eigenvalue weighted by atomic mass is 10.1. The molecule has 0 amide bonds. The summed E-state index contributed by atoms with van der Waals surface area (Å²) >= 11 is 0. The van der Waals surface area contributed by atoms with Crippen LogP contribution in [0.15, 0.2) is 0 Å². The molecule has 1 aromatic heterocycles. The molecule has 0 aromatic carbocycles. The molecule has 4 N–H and O–H groups in total. The Morgan fingerprint density at radius 2 is 1.84 bits per heavy atom. The maximum Gasteiger partial charge on any atom is 0.231 e. The summed E-state index contributed by atoms with van der Waals surface area (Å²) in [6, 6.07) is 0.0522. The number of nitrogens with one attached hydrogen (secondary N) is 1. The third-order valence-corrected chi connectivity index (χ3v) is 3.19. The Morgan fingerprint density at radius 1 is 1.21 bits per heavy atom. The van der Waals surface area contributed by atoms with Crippen molar-refractivity contribution in [3.63, 3.8) is 0 Å². The molecule has 19 heavy (non-hydrogen) atoms. The van der Waals surface area contributed by atoms with Crippen molar-refractivity contribution in [1.29, 1.82) is 0 Å². The molecule has 0 radical (unpaired) electrons. The lowest BCUT2D eigenvalue weighted by molar-refractivity contribution is 0.226. The first-order valence-electron chi connectivity index (χ1n) is 6.65. The van der Waals surface area contributed by atoms with Gasteiger partial charge in [0, 0.05) is 25.7 Å². The molecule has 1 rings (SSSR count). The highest BCUT2D eigenvalue weighted by Gasteiger charge is 2.14. The van der Waals surface area contributed by atoms with Gasteiger partial charge in [-0.05, 0) is 26.7 Å². The van der Waals surface area contributed by atoms with Crippen LogP contribution in [0.1, 0.15) is 27.7 Å². The molecule has 2 unspecified atom stereocenters. The lowest BCUT2D eigenvalue weighted by Crippen LogP contribution is -2.29. The first-order chi connectivity index (χ1) is 9.01. The number of aromatic nitrogens is 3. The van der Waals surface area contributed by atoms with Crippen molar-refractivity contribution in [2.24, 2.45) is 5.92 Å². The molecule has 1 aromatic rings. The van der Waals surface area contributed by atoms with Gasteiger partial charge >= 0.3 is 0 Å². The Bertz CT molecular complexity index is 396. The summed E-state index contributed by atoms with van der Waals surface area (Å²) in [6.07, 6.45) is 0. The molecular weight excluding hydrogens is 244 g/mol. The van der Waals surface area contributed by atoms with Crippen LogP contribution in [0.5, 0.6) is 0 Å². The van der Waals surface area contributed by atoms with Crippen molar-refractivity contribution in [2.75, 3.05) is 35.6 Å². The molecular formula is C12H24N6O. The van der Waals surface area contributed by atoms with E-state index in [1.165, 1.54) is 0 Å². The number of nitrogens with two attached hydrogens (primary N) is 1. The first-order valence-corrected chi connectivity index (χ1v) is 6.65. The second kappa shape index (κ2) is 7.08. The van der Waals surface area contributed by atoms with Gasteiger partial charge in [0.2, 0.25) is 17.8 Å². The number of hydrogen-bond acceptors (Lipinski definition) is 7. The van der Waals surface area contributed by atoms with Crippen molar-refractivity contribution < 1.29 is 5.11 Å². The number of anilines is 3. The first kappa shape index (κ1) is 15.4. The van der Waals surface area contributed by atoms with E-state index in [0.717, 1.165) is 13.1 Å². The maximum atomic E-state index is 9.13. The number of nitrogens with zero attached hydrogens (tertiary/aromatic N) is 4. The molecule has 1 heterocycles. The molecule has 7 heteroatoms. The van der Waals surface area contributed by atoms with E-state index in [4.69, 9.17) is 10.8 Å². The van der Waals surface area contributed by atoms with Crippen LogP contribution < -0.4 is 16.0 Å². The summed E-state index contributed by atoms with van der Waals surface area (Å²) in [5.74, 6) is 1.32. The highest BCUT2D eigenvalue weighted by atomic mass is 16.3. The molecule has 0 saturated heterocycles. The maximum absolute atomic E-state index is 9.13. The molecule has 0 spiro atoms. The van der Waals surface area contributed by atoms with Crippen molar-refractivity contribution in [3.8, 4) is 0 Å². The number of nitrogen functional groups attached to an aromatic ring is 1. The van der Waals surface area contributed by atoms with E-state index in [-0.39, 0.29) is 24.5 Å². The van der Waals surface area contributed by atoms with Crippen molar-refractivity contribution in [3.05, 3.63) is 0 Å². The number of aliphatic hydroxyl groups excluding tert-OH is 1. The van der Waals surface area contributed by atoms with Gasteiger partial charge in [0.1, 0.15) is 0 Å². The van der Waals surface area contributed by atoms with E-state index >= 15 is 0 Å². The largest absolute Gasteiger partial charge is 0.396 e. The third kappa shape index (κ3) is 4.20. The Kier molecular flexibility index (Phi) is 5.75. The third-order valence-electron chi connectivity index (χ3n) is 3.19. The van der Waals surface area contributed by atoms with Crippen LogP contribution >= 0.6 is 0 Å². The topological polar surface area (TPSA) is 100 Å². The molecule has 7 nitrogen and oxygen atoms in total. The Balaban J connectivity index is 2.90. The van der Waals surface area contributed by atoms with Crippen molar-refractivity contribution in [1.82, 2.24) is 15.0 Å². The molecule has 2 atom stereocenters. The Hall–Kier alpha value is -1.63. The number of hydrogen-bond donors (Lipinski definition) is 3. The molecule has 0 saturated carbocycles. The fourth-order valence-electron chi connectivity index (χ4n) is 1.60. The molecule has 0 aliphatic rings. The zero-order valence-corrected chi connectivity index (χ0v) is 12.1. The van der Waals surface area contributed by atoms with Gasteiger partial charge in [-0.3, -0.25) is 0 Å². The second-order valence-corrected chi connectivity index (χ2v) is 4.58. The van der Waals surface area contributed by atoms with Gasteiger partial charge in [0.25, 0.3) is 0 Å². The smallest absolute Gasteiger partial charge is 0.231 e. The van der Waals surface area contributed by atoms with Gasteiger partial charge in [-0.2, -0.15) is 15.0 Å². The highest BCUT2D eigenvalue weighted by Crippen LogP contribution is 2.14. The number of rotatable bonds is 7. The summed E-state index contributed by atoms with van der Waals surface area (Å²) in [5, 5.41) is 12.3. The standard InChI is InChI=1S/C12H24N6O/c1-5-18(6-2)12-16-10(13)15-11(17-12)14-9(4)8(3)7-19/h8-9,19H,5-7H2,1-4H3,(H3,13,14,15,16,17). The van der Waals surface area contributed by atoms with E-state index in [0.29, 0.717) is 11.9 Å². The Labute approximate surface area is 114 Å². The summed E-state index contributed by atoms with van der Waals surface area (Å²) in [4.78, 5) is 14.6. The molecule has 0 aliphatic heterocycles. The van der Waals surface area contributed by atoms with E-state index < -0.39 is 0 Å². The highest BCUT2D eigenvalue weighted by molar-refractivity contribution is 5.42. The summed E-state index contributed by atoms with van der Waals surface area (Å²) < 4.78 is 0. The predicted molar refractivity (Wildman–Crippen MR) is 77.1 cm³/mol.